The van der Waals surface area contributed by atoms with Gasteiger partial charge in [0.05, 0.1) is 16.1 Å². The van der Waals surface area contributed by atoms with Crippen LogP contribution < -0.4 is 14.2 Å². The fourth-order valence-corrected chi connectivity index (χ4v) is 3.51. The highest BCUT2D eigenvalue weighted by atomic mass is 32.2. The number of nitrogens with one attached hydrogen (secondary N) is 1. The summed E-state index contributed by atoms with van der Waals surface area (Å²) in [4.78, 5) is 11.2. The molecule has 0 saturated carbocycles. The lowest BCUT2D eigenvalue weighted by atomic mass is 10.1. The Hall–Kier alpha value is -2.74. The molecule has 126 valence electrons. The summed E-state index contributed by atoms with van der Waals surface area (Å²) in [6.45, 7) is 2.31. The number of hydrogen-bond acceptors (Lipinski definition) is 5. The largest absolute Gasteiger partial charge is 0.486 e. The minimum absolute atomic E-state index is 0.00637. The Morgan fingerprint density at radius 3 is 2.54 bits per heavy atom. The molecule has 2 aromatic rings. The third-order valence-corrected chi connectivity index (χ3v) is 5.00. The van der Waals surface area contributed by atoms with Gasteiger partial charge in [0, 0.05) is 6.07 Å². The molecule has 0 saturated heterocycles. The molecule has 0 aromatic heterocycles. The first-order valence-corrected chi connectivity index (χ1v) is 8.62. The summed E-state index contributed by atoms with van der Waals surface area (Å²) in [5.41, 5.74) is 0.591. The van der Waals surface area contributed by atoms with Gasteiger partial charge in [-0.25, -0.2) is 13.2 Å². The number of anilines is 1. The number of carboxylic acid groups (broad SMARTS) is 1. The van der Waals surface area contributed by atoms with Crippen molar-refractivity contribution in [3.63, 3.8) is 0 Å². The van der Waals surface area contributed by atoms with Crippen molar-refractivity contribution in [2.45, 2.75) is 11.8 Å². The lowest BCUT2D eigenvalue weighted by Gasteiger charge is -2.19. The molecule has 3 rings (SSSR count). The number of sulfonamides is 1. The summed E-state index contributed by atoms with van der Waals surface area (Å²) in [6.07, 6.45) is 0. The first-order chi connectivity index (χ1) is 11.4. The molecule has 1 heterocycles. The van der Waals surface area contributed by atoms with Gasteiger partial charge in [-0.1, -0.05) is 6.07 Å². The summed E-state index contributed by atoms with van der Waals surface area (Å²) < 4.78 is 38.3. The normalized spacial score (nSPS) is 13.4. The van der Waals surface area contributed by atoms with Gasteiger partial charge in [0.15, 0.2) is 11.5 Å². The van der Waals surface area contributed by atoms with Gasteiger partial charge in [0.25, 0.3) is 10.0 Å². The molecule has 2 N–H and O–H groups in total. The van der Waals surface area contributed by atoms with Crippen molar-refractivity contribution in [3.05, 3.63) is 47.5 Å². The number of rotatable bonds is 4. The van der Waals surface area contributed by atoms with Crippen LogP contribution in [-0.4, -0.2) is 32.7 Å². The van der Waals surface area contributed by atoms with E-state index in [0.717, 1.165) is 0 Å². The summed E-state index contributed by atoms with van der Waals surface area (Å²) in [5.74, 6) is -0.266. The Kier molecular flexibility index (Phi) is 4.06. The Labute approximate surface area is 138 Å². The summed E-state index contributed by atoms with van der Waals surface area (Å²) in [7, 11) is -3.89. The molecule has 1 aliphatic heterocycles. The molecule has 0 unspecified atom stereocenters. The molecule has 24 heavy (non-hydrogen) atoms. The first kappa shape index (κ1) is 16.1. The van der Waals surface area contributed by atoms with Crippen LogP contribution >= 0.6 is 0 Å². The van der Waals surface area contributed by atoms with Crippen molar-refractivity contribution < 1.29 is 27.8 Å². The molecule has 0 aliphatic carbocycles. The van der Waals surface area contributed by atoms with E-state index in [1.54, 1.807) is 6.92 Å². The van der Waals surface area contributed by atoms with E-state index in [0.29, 0.717) is 30.3 Å². The van der Waals surface area contributed by atoms with Crippen LogP contribution in [0, 0.1) is 6.92 Å². The lowest BCUT2D eigenvalue weighted by molar-refractivity contribution is 0.0696. The molecule has 0 spiro atoms. The average Bonchev–Trinajstić information content (AvgIpc) is 2.56. The molecule has 0 atom stereocenters. The van der Waals surface area contributed by atoms with Crippen molar-refractivity contribution in [3.8, 4) is 11.5 Å². The third kappa shape index (κ3) is 3.00. The summed E-state index contributed by atoms with van der Waals surface area (Å²) >= 11 is 0. The lowest BCUT2D eigenvalue weighted by Crippen LogP contribution is -2.18. The highest BCUT2D eigenvalue weighted by Gasteiger charge is 2.21. The van der Waals surface area contributed by atoms with E-state index in [4.69, 9.17) is 14.6 Å². The van der Waals surface area contributed by atoms with Gasteiger partial charge in [-0.2, -0.15) is 0 Å². The molecule has 1 aliphatic rings. The van der Waals surface area contributed by atoms with Crippen LogP contribution in [0.15, 0.2) is 41.3 Å². The van der Waals surface area contributed by atoms with Crippen LogP contribution in [0.5, 0.6) is 11.5 Å². The molecular formula is C16H15NO6S. The van der Waals surface area contributed by atoms with Gasteiger partial charge in [0.1, 0.15) is 13.2 Å². The van der Waals surface area contributed by atoms with Gasteiger partial charge in [0.2, 0.25) is 0 Å². The molecular weight excluding hydrogens is 334 g/mol. The van der Waals surface area contributed by atoms with E-state index in [1.807, 2.05) is 0 Å². The van der Waals surface area contributed by atoms with E-state index in [9.17, 15) is 13.2 Å². The monoisotopic (exact) mass is 349 g/mol. The maximum atomic E-state index is 12.6. The van der Waals surface area contributed by atoms with Gasteiger partial charge in [-0.05, 0) is 36.8 Å². The number of carboxylic acids is 1. The standard InChI is InChI=1S/C16H15NO6S/c1-10-12(16(18)19)3-2-4-13(10)17-24(20,21)11-5-6-14-15(9-11)23-8-7-22-14/h2-6,9,17H,7-8H2,1H3,(H,18,19). The van der Waals surface area contributed by atoms with E-state index < -0.39 is 16.0 Å². The molecule has 2 aromatic carbocycles. The van der Waals surface area contributed by atoms with Crippen molar-refractivity contribution in [1.29, 1.82) is 0 Å². The van der Waals surface area contributed by atoms with E-state index in [2.05, 4.69) is 4.72 Å². The summed E-state index contributed by atoms with van der Waals surface area (Å²) in [6, 6.07) is 8.73. The number of benzene rings is 2. The highest BCUT2D eigenvalue weighted by molar-refractivity contribution is 7.92. The fraction of sp³-hybridized carbons (Fsp3) is 0.188. The number of carbonyl (C=O) groups is 1. The van der Waals surface area contributed by atoms with Gasteiger partial charge in [-0.3, -0.25) is 4.72 Å². The molecule has 0 fully saturated rings. The van der Waals surface area contributed by atoms with Crippen LogP contribution in [0.2, 0.25) is 0 Å². The summed E-state index contributed by atoms with van der Waals surface area (Å²) in [5, 5.41) is 9.13. The number of hydrogen-bond donors (Lipinski definition) is 2. The first-order valence-electron chi connectivity index (χ1n) is 7.14. The Balaban J connectivity index is 1.95. The van der Waals surface area contributed by atoms with Crippen LogP contribution in [0.4, 0.5) is 5.69 Å². The maximum Gasteiger partial charge on any atom is 0.336 e. The van der Waals surface area contributed by atoms with E-state index in [1.165, 1.54) is 36.4 Å². The zero-order chi connectivity index (χ0) is 17.3. The van der Waals surface area contributed by atoms with Crippen LogP contribution in [-0.2, 0) is 10.0 Å². The van der Waals surface area contributed by atoms with Gasteiger partial charge < -0.3 is 14.6 Å². The smallest absolute Gasteiger partial charge is 0.336 e. The Morgan fingerprint density at radius 2 is 1.83 bits per heavy atom. The Bertz CT molecular complexity index is 907. The van der Waals surface area contributed by atoms with Crippen LogP contribution in [0.1, 0.15) is 15.9 Å². The molecule has 0 amide bonds. The third-order valence-electron chi connectivity index (χ3n) is 3.63. The minimum atomic E-state index is -3.89. The van der Waals surface area contributed by atoms with Crippen molar-refractivity contribution in [1.82, 2.24) is 0 Å². The van der Waals surface area contributed by atoms with E-state index >= 15 is 0 Å². The quantitative estimate of drug-likeness (QED) is 0.878. The highest BCUT2D eigenvalue weighted by Crippen LogP contribution is 2.33. The van der Waals surface area contributed by atoms with Crippen LogP contribution in [0.25, 0.3) is 0 Å². The minimum Gasteiger partial charge on any atom is -0.486 e. The van der Waals surface area contributed by atoms with Gasteiger partial charge in [-0.15, -0.1) is 0 Å². The zero-order valence-corrected chi connectivity index (χ0v) is 13.6. The SMILES string of the molecule is Cc1c(NS(=O)(=O)c2ccc3c(c2)OCCO3)cccc1C(=O)O. The second kappa shape index (κ2) is 6.04. The molecule has 7 nitrogen and oxygen atoms in total. The molecule has 0 bridgehead atoms. The van der Waals surface area contributed by atoms with Gasteiger partial charge >= 0.3 is 5.97 Å². The second-order valence-corrected chi connectivity index (χ2v) is 6.88. The fourth-order valence-electron chi connectivity index (χ4n) is 2.37. The number of fused-ring (bicyclic) bond motifs is 1. The zero-order valence-electron chi connectivity index (χ0n) is 12.8. The molecule has 0 radical (unpaired) electrons. The maximum absolute atomic E-state index is 12.6. The molecule has 8 heteroatoms. The second-order valence-electron chi connectivity index (χ2n) is 5.19. The van der Waals surface area contributed by atoms with Crippen molar-refractivity contribution in [2.24, 2.45) is 0 Å². The topological polar surface area (TPSA) is 102 Å². The van der Waals surface area contributed by atoms with Crippen molar-refractivity contribution in [2.75, 3.05) is 17.9 Å². The predicted octanol–water partition coefficient (Wildman–Crippen LogP) is 2.27. The number of ether oxygens (including phenoxy) is 2. The average molecular weight is 349 g/mol. The van der Waals surface area contributed by atoms with E-state index in [-0.39, 0.29) is 16.1 Å². The van der Waals surface area contributed by atoms with Crippen molar-refractivity contribution >= 4 is 21.7 Å². The number of aromatic carboxylic acids is 1. The predicted molar refractivity (Wildman–Crippen MR) is 86.4 cm³/mol. The van der Waals surface area contributed by atoms with Crippen LogP contribution in [0.3, 0.4) is 0 Å². The Morgan fingerprint density at radius 1 is 1.12 bits per heavy atom.